The second kappa shape index (κ2) is 13.9. The number of benzene rings is 1. The van der Waals surface area contributed by atoms with Crippen LogP contribution in [0.25, 0.3) is 22.3 Å². The van der Waals surface area contributed by atoms with Gasteiger partial charge in [0, 0.05) is 35.4 Å². The number of anilines is 1. The fourth-order valence-electron chi connectivity index (χ4n) is 5.03. The molecule has 3 heterocycles. The van der Waals surface area contributed by atoms with E-state index >= 15 is 0 Å². The van der Waals surface area contributed by atoms with Gasteiger partial charge in [0.15, 0.2) is 5.13 Å². The molecule has 0 radical (unpaired) electrons. The fourth-order valence-corrected chi connectivity index (χ4v) is 5.88. The van der Waals surface area contributed by atoms with Gasteiger partial charge in [-0.1, -0.05) is 13.8 Å². The second-order valence-corrected chi connectivity index (χ2v) is 13.5. The molecule has 1 fully saturated rings. The number of likely N-dealkylation sites (tertiary alicyclic amines) is 1. The summed E-state index contributed by atoms with van der Waals surface area (Å²) in [6.07, 6.45) is -1.07. The van der Waals surface area contributed by atoms with Gasteiger partial charge in [0.2, 0.25) is 5.91 Å². The minimum absolute atomic E-state index is 0.103. The van der Waals surface area contributed by atoms with Gasteiger partial charge in [-0.25, -0.2) is 19.6 Å². The van der Waals surface area contributed by atoms with E-state index in [2.05, 4.69) is 10.6 Å². The van der Waals surface area contributed by atoms with Crippen LogP contribution in [0, 0.1) is 5.92 Å². The Morgan fingerprint density at radius 1 is 1.04 bits per heavy atom. The van der Waals surface area contributed by atoms with Crippen LogP contribution in [-0.2, 0) is 19.1 Å². The van der Waals surface area contributed by atoms with Crippen LogP contribution in [0.2, 0.25) is 0 Å². The molecular formula is C32H43N5O7S. The third-order valence-corrected chi connectivity index (χ3v) is 7.85. The van der Waals surface area contributed by atoms with Crippen molar-refractivity contribution in [3.63, 3.8) is 0 Å². The molecule has 2 unspecified atom stereocenters. The van der Waals surface area contributed by atoms with Crippen molar-refractivity contribution in [2.45, 2.75) is 84.7 Å². The molecule has 2 amide bonds. The van der Waals surface area contributed by atoms with E-state index in [0.29, 0.717) is 28.4 Å². The summed E-state index contributed by atoms with van der Waals surface area (Å²) in [6.45, 7) is 13.1. The van der Waals surface area contributed by atoms with Crippen molar-refractivity contribution in [2.24, 2.45) is 5.92 Å². The molecule has 3 atom stereocenters. The zero-order valence-electron chi connectivity index (χ0n) is 27.3. The molecule has 12 nitrogen and oxygen atoms in total. The number of esters is 1. The van der Waals surface area contributed by atoms with Gasteiger partial charge >= 0.3 is 12.1 Å². The fraction of sp³-hybridized carbons (Fsp3) is 0.531. The van der Waals surface area contributed by atoms with Crippen molar-refractivity contribution in [2.75, 3.05) is 26.1 Å². The van der Waals surface area contributed by atoms with Crippen LogP contribution in [-0.4, -0.2) is 83.4 Å². The molecule has 2 aromatic heterocycles. The summed E-state index contributed by atoms with van der Waals surface area (Å²) >= 11 is 1.48. The molecule has 0 saturated carbocycles. The van der Waals surface area contributed by atoms with Gasteiger partial charge in [-0.05, 0) is 52.7 Å². The van der Waals surface area contributed by atoms with Crippen molar-refractivity contribution >= 4 is 45.3 Å². The third-order valence-electron chi connectivity index (χ3n) is 7.08. The number of amides is 2. The van der Waals surface area contributed by atoms with Gasteiger partial charge < -0.3 is 34.5 Å². The molecule has 2 N–H and O–H groups in total. The third kappa shape index (κ3) is 8.33. The molecule has 1 aromatic carbocycles. The summed E-state index contributed by atoms with van der Waals surface area (Å²) in [5.74, 6) is -0.0987. The number of ether oxygens (including phenoxy) is 4. The van der Waals surface area contributed by atoms with Gasteiger partial charge in [0.25, 0.3) is 0 Å². The lowest BCUT2D eigenvalue weighted by atomic mass is 10.0. The van der Waals surface area contributed by atoms with E-state index < -0.39 is 41.8 Å². The summed E-state index contributed by atoms with van der Waals surface area (Å²) < 4.78 is 22.4. The topological polar surface area (TPSA) is 141 Å². The summed E-state index contributed by atoms with van der Waals surface area (Å²) in [5, 5.41) is 9.44. The Morgan fingerprint density at radius 3 is 2.40 bits per heavy atom. The van der Waals surface area contributed by atoms with E-state index in [1.807, 2.05) is 57.3 Å². The van der Waals surface area contributed by atoms with Gasteiger partial charge in [-0.3, -0.25) is 4.79 Å². The van der Waals surface area contributed by atoms with E-state index in [9.17, 15) is 14.4 Å². The number of nitrogens with zero attached hydrogens (tertiary/aromatic N) is 3. The SMILES string of the molecule is COC(=O)C1CC(Oc2cc(-c3csc(NC(C)C)n3)nc3cc(OC)ccc23)CN1C(=O)[C@@H](NC(=O)OC(C)(C)C)C(C)C. The molecule has 244 valence electrons. The first kappa shape index (κ1) is 33.8. The standard InChI is InChI=1S/C32H43N5O7S/c1-17(2)27(36-31(40)44-32(5,6)7)28(38)37-15-20(13-25(37)29(39)42-9)43-26-14-23(24-16-45-30(35-24)33-18(3)4)34-22-12-19(41-8)10-11-21(22)26/h10-12,14,16-18,20,25,27H,13,15H2,1-9H3,(H,33,35)(H,36,40)/t20?,25?,27-/m0/s1. The van der Waals surface area contributed by atoms with Crippen LogP contribution < -0.4 is 20.1 Å². The first-order valence-electron chi connectivity index (χ1n) is 14.9. The number of rotatable bonds is 10. The largest absolute Gasteiger partial charge is 0.497 e. The smallest absolute Gasteiger partial charge is 0.408 e. The molecule has 1 aliphatic heterocycles. The molecule has 3 aromatic rings. The van der Waals surface area contributed by atoms with Crippen LogP contribution in [0.5, 0.6) is 11.5 Å². The predicted molar refractivity (Wildman–Crippen MR) is 173 cm³/mol. The first-order valence-corrected chi connectivity index (χ1v) is 15.8. The summed E-state index contributed by atoms with van der Waals surface area (Å²) in [6, 6.07) is 5.73. The highest BCUT2D eigenvalue weighted by molar-refractivity contribution is 7.14. The zero-order valence-corrected chi connectivity index (χ0v) is 28.1. The Balaban J connectivity index is 1.65. The van der Waals surface area contributed by atoms with Crippen LogP contribution in [0.15, 0.2) is 29.6 Å². The average Bonchev–Trinajstić information content (AvgIpc) is 3.60. The number of pyridine rings is 1. The van der Waals surface area contributed by atoms with Crippen molar-refractivity contribution in [1.82, 2.24) is 20.2 Å². The van der Waals surface area contributed by atoms with Gasteiger partial charge in [0.05, 0.1) is 32.0 Å². The molecule has 45 heavy (non-hydrogen) atoms. The zero-order chi connectivity index (χ0) is 33.1. The molecule has 4 rings (SSSR count). The van der Waals surface area contributed by atoms with Crippen molar-refractivity contribution in [3.8, 4) is 22.9 Å². The molecule has 1 aliphatic rings. The number of methoxy groups -OCH3 is 2. The minimum atomic E-state index is -0.926. The summed E-state index contributed by atoms with van der Waals surface area (Å²) in [4.78, 5) is 50.4. The van der Waals surface area contributed by atoms with Crippen LogP contribution in [0.1, 0.15) is 54.9 Å². The van der Waals surface area contributed by atoms with E-state index in [4.69, 9.17) is 28.9 Å². The molecule has 1 saturated heterocycles. The van der Waals surface area contributed by atoms with Gasteiger partial charge in [-0.15, -0.1) is 11.3 Å². The maximum absolute atomic E-state index is 13.9. The number of aromatic nitrogens is 2. The number of fused-ring (bicyclic) bond motifs is 1. The van der Waals surface area contributed by atoms with E-state index in [0.717, 1.165) is 10.5 Å². The van der Waals surface area contributed by atoms with Gasteiger partial charge in [-0.2, -0.15) is 0 Å². The number of hydrogen-bond donors (Lipinski definition) is 2. The van der Waals surface area contributed by atoms with Crippen LogP contribution in [0.4, 0.5) is 9.93 Å². The maximum atomic E-state index is 13.9. The molecule has 0 bridgehead atoms. The Morgan fingerprint density at radius 2 is 1.78 bits per heavy atom. The summed E-state index contributed by atoms with van der Waals surface area (Å²) in [7, 11) is 2.87. The lowest BCUT2D eigenvalue weighted by Gasteiger charge is -2.30. The van der Waals surface area contributed by atoms with Crippen LogP contribution in [0.3, 0.4) is 0 Å². The first-order chi connectivity index (χ1) is 21.2. The lowest BCUT2D eigenvalue weighted by molar-refractivity contribution is -0.152. The highest BCUT2D eigenvalue weighted by atomic mass is 32.1. The van der Waals surface area contributed by atoms with Crippen molar-refractivity contribution in [3.05, 3.63) is 29.6 Å². The second-order valence-electron chi connectivity index (χ2n) is 12.6. The molecule has 0 aliphatic carbocycles. The Labute approximate surface area is 267 Å². The van der Waals surface area contributed by atoms with E-state index in [1.54, 1.807) is 27.9 Å². The number of alkyl carbamates (subject to hydrolysis) is 1. The molecule has 0 spiro atoms. The molecular weight excluding hydrogens is 598 g/mol. The number of carbonyl (C=O) groups is 3. The van der Waals surface area contributed by atoms with Crippen LogP contribution >= 0.6 is 11.3 Å². The van der Waals surface area contributed by atoms with E-state index in [1.165, 1.54) is 23.3 Å². The number of thiazole rings is 1. The Kier molecular flexibility index (Phi) is 10.4. The Bertz CT molecular complexity index is 1530. The lowest BCUT2D eigenvalue weighted by Crippen LogP contribution is -2.54. The normalized spacial score (nSPS) is 17.4. The van der Waals surface area contributed by atoms with Crippen molar-refractivity contribution < 1.29 is 33.3 Å². The quantitative estimate of drug-likeness (QED) is 0.282. The summed E-state index contributed by atoms with van der Waals surface area (Å²) in [5.41, 5.74) is 1.19. The van der Waals surface area contributed by atoms with Gasteiger partial charge in [0.1, 0.15) is 41.0 Å². The van der Waals surface area contributed by atoms with Crippen molar-refractivity contribution in [1.29, 1.82) is 0 Å². The highest BCUT2D eigenvalue weighted by Crippen LogP contribution is 2.35. The highest BCUT2D eigenvalue weighted by Gasteiger charge is 2.44. The predicted octanol–water partition coefficient (Wildman–Crippen LogP) is 5.26. The molecule has 13 heteroatoms. The number of carbonyl (C=O) groups excluding carboxylic acids is 3. The minimum Gasteiger partial charge on any atom is -0.497 e. The Hall–Kier alpha value is -4.13. The van der Waals surface area contributed by atoms with E-state index in [-0.39, 0.29) is 24.9 Å². The average molecular weight is 642 g/mol. The maximum Gasteiger partial charge on any atom is 0.408 e. The number of hydrogen-bond acceptors (Lipinski definition) is 11. The monoisotopic (exact) mass is 641 g/mol. The number of nitrogens with one attached hydrogen (secondary N) is 2.